The van der Waals surface area contributed by atoms with E-state index in [2.05, 4.69) is 15.5 Å². The minimum absolute atomic E-state index is 0.433. The maximum atomic E-state index is 13.5. The lowest BCUT2D eigenvalue weighted by atomic mass is 10.3. The monoisotopic (exact) mass is 347 g/mol. The highest BCUT2D eigenvalue weighted by Crippen LogP contribution is 2.30. The molecule has 112 valence electrons. The predicted octanol–water partition coefficient (Wildman–Crippen LogP) is 3.66. The van der Waals surface area contributed by atoms with Gasteiger partial charge >= 0.3 is 0 Å². The Hall–Kier alpha value is -1.19. The second-order valence-electron chi connectivity index (χ2n) is 3.88. The zero-order chi connectivity index (χ0) is 15.4. The maximum absolute atomic E-state index is 13.5. The number of para-hydroxylation sites is 1. The van der Waals surface area contributed by atoms with Crippen LogP contribution in [0.15, 0.2) is 26.9 Å². The summed E-state index contributed by atoms with van der Waals surface area (Å²) in [5.41, 5.74) is -0.433. The molecular formula is C12H11F2N3OS3. The third-order valence-corrected chi connectivity index (χ3v) is 5.50. The molecule has 1 unspecified atom stereocenters. The molecule has 1 aromatic carbocycles. The van der Waals surface area contributed by atoms with Crippen molar-refractivity contribution in [1.82, 2.24) is 10.2 Å². The summed E-state index contributed by atoms with van der Waals surface area (Å²) in [5.74, 6) is -2.10. The van der Waals surface area contributed by atoms with Gasteiger partial charge in [-0.1, -0.05) is 40.9 Å². The summed E-state index contributed by atoms with van der Waals surface area (Å²) >= 11 is 4.02. The second-order valence-corrected chi connectivity index (χ2v) is 7.50. The van der Waals surface area contributed by atoms with Gasteiger partial charge in [-0.2, -0.15) is 0 Å². The Kier molecular flexibility index (Phi) is 5.54. The molecule has 0 fully saturated rings. The van der Waals surface area contributed by atoms with Crippen molar-refractivity contribution in [2.75, 3.05) is 11.6 Å². The standard InChI is InChI=1S/C12H11F2N3OS3/c1-6(20-12-17-16-11(19-2)21-12)10(18)15-9-7(13)4-3-5-8(9)14/h3-6H,1-2H3,(H,15,18). The average molecular weight is 347 g/mol. The normalized spacial score (nSPS) is 12.2. The van der Waals surface area contributed by atoms with Gasteiger partial charge < -0.3 is 5.32 Å². The van der Waals surface area contributed by atoms with Crippen LogP contribution in [0.2, 0.25) is 0 Å². The number of rotatable bonds is 5. The van der Waals surface area contributed by atoms with Gasteiger partial charge in [-0.05, 0) is 25.3 Å². The Labute approximate surface area is 132 Å². The van der Waals surface area contributed by atoms with E-state index in [0.29, 0.717) is 4.34 Å². The van der Waals surface area contributed by atoms with Crippen LogP contribution in [0, 0.1) is 11.6 Å². The molecular weight excluding hydrogens is 336 g/mol. The molecule has 0 radical (unpaired) electrons. The number of thioether (sulfide) groups is 2. The molecule has 1 heterocycles. The number of hydrogen-bond acceptors (Lipinski definition) is 6. The van der Waals surface area contributed by atoms with Gasteiger partial charge in [0.15, 0.2) is 8.68 Å². The van der Waals surface area contributed by atoms with E-state index in [1.54, 1.807) is 6.92 Å². The van der Waals surface area contributed by atoms with E-state index in [0.717, 1.165) is 16.5 Å². The first-order chi connectivity index (χ1) is 10.0. The first kappa shape index (κ1) is 16.2. The van der Waals surface area contributed by atoms with Crippen molar-refractivity contribution in [1.29, 1.82) is 0 Å². The first-order valence-electron chi connectivity index (χ1n) is 5.80. The number of carbonyl (C=O) groups is 1. The minimum Gasteiger partial charge on any atom is -0.320 e. The fourth-order valence-electron chi connectivity index (χ4n) is 1.37. The summed E-state index contributed by atoms with van der Waals surface area (Å²) in [6.45, 7) is 1.64. The molecule has 0 aliphatic rings. The highest BCUT2D eigenvalue weighted by molar-refractivity contribution is 8.03. The Morgan fingerprint density at radius 1 is 1.29 bits per heavy atom. The van der Waals surface area contributed by atoms with Gasteiger partial charge in [0, 0.05) is 0 Å². The topological polar surface area (TPSA) is 54.9 Å². The summed E-state index contributed by atoms with van der Waals surface area (Å²) in [6, 6.07) is 3.42. The molecule has 2 aromatic rings. The van der Waals surface area contributed by atoms with Crippen molar-refractivity contribution in [2.45, 2.75) is 20.9 Å². The summed E-state index contributed by atoms with van der Waals surface area (Å²) in [5, 5.41) is 9.56. The van der Waals surface area contributed by atoms with Crippen LogP contribution in [0.4, 0.5) is 14.5 Å². The molecule has 1 atom stereocenters. The lowest BCUT2D eigenvalue weighted by Crippen LogP contribution is -2.23. The van der Waals surface area contributed by atoms with Gasteiger partial charge in [-0.25, -0.2) is 8.78 Å². The van der Waals surface area contributed by atoms with Crippen molar-refractivity contribution in [3.8, 4) is 0 Å². The smallest absolute Gasteiger partial charge is 0.237 e. The highest BCUT2D eigenvalue weighted by atomic mass is 32.2. The van der Waals surface area contributed by atoms with Crippen LogP contribution in [0.1, 0.15) is 6.92 Å². The van der Waals surface area contributed by atoms with E-state index >= 15 is 0 Å². The number of nitrogens with one attached hydrogen (secondary N) is 1. The fourth-order valence-corrected chi connectivity index (χ4v) is 3.96. The lowest BCUT2D eigenvalue weighted by Gasteiger charge is -2.11. The number of halogens is 2. The third-order valence-electron chi connectivity index (χ3n) is 2.42. The van der Waals surface area contributed by atoms with Crippen molar-refractivity contribution in [3.63, 3.8) is 0 Å². The molecule has 0 aliphatic carbocycles. The average Bonchev–Trinajstić information content (AvgIpc) is 2.90. The van der Waals surface area contributed by atoms with Gasteiger partial charge in [-0.15, -0.1) is 10.2 Å². The molecule has 1 N–H and O–H groups in total. The third kappa shape index (κ3) is 4.14. The van der Waals surface area contributed by atoms with Crippen LogP contribution < -0.4 is 5.32 Å². The zero-order valence-corrected chi connectivity index (χ0v) is 13.5. The van der Waals surface area contributed by atoms with Gasteiger partial charge in [0.25, 0.3) is 0 Å². The quantitative estimate of drug-likeness (QED) is 0.837. The molecule has 1 amide bonds. The number of aromatic nitrogens is 2. The van der Waals surface area contributed by atoms with Crippen molar-refractivity contribution in [3.05, 3.63) is 29.8 Å². The predicted molar refractivity (Wildman–Crippen MR) is 82.0 cm³/mol. The van der Waals surface area contributed by atoms with Crippen LogP contribution in [-0.4, -0.2) is 27.6 Å². The van der Waals surface area contributed by atoms with Crippen LogP contribution in [0.3, 0.4) is 0 Å². The van der Waals surface area contributed by atoms with Crippen molar-refractivity contribution < 1.29 is 13.6 Å². The summed E-state index contributed by atoms with van der Waals surface area (Å²) in [6.07, 6.45) is 1.88. The van der Waals surface area contributed by atoms with Gasteiger partial charge in [0.2, 0.25) is 5.91 Å². The molecule has 0 saturated heterocycles. The van der Waals surface area contributed by atoms with E-state index < -0.39 is 28.5 Å². The molecule has 4 nitrogen and oxygen atoms in total. The molecule has 1 aromatic heterocycles. The highest BCUT2D eigenvalue weighted by Gasteiger charge is 2.20. The molecule has 0 bridgehead atoms. The van der Waals surface area contributed by atoms with Crippen LogP contribution >= 0.6 is 34.9 Å². The summed E-state index contributed by atoms with van der Waals surface area (Å²) in [7, 11) is 0. The number of benzene rings is 1. The van der Waals surface area contributed by atoms with Crippen LogP contribution in [0.5, 0.6) is 0 Å². The van der Waals surface area contributed by atoms with Crippen LogP contribution in [0.25, 0.3) is 0 Å². The fraction of sp³-hybridized carbons (Fsp3) is 0.250. The number of hydrogen-bond donors (Lipinski definition) is 1. The van der Waals surface area contributed by atoms with Crippen LogP contribution in [-0.2, 0) is 4.79 Å². The van der Waals surface area contributed by atoms with Gasteiger partial charge in [0.1, 0.15) is 17.3 Å². The molecule has 21 heavy (non-hydrogen) atoms. The summed E-state index contributed by atoms with van der Waals surface area (Å²) in [4.78, 5) is 12.0. The zero-order valence-electron chi connectivity index (χ0n) is 11.1. The Balaban J connectivity index is 2.02. The molecule has 9 heteroatoms. The van der Waals surface area contributed by atoms with E-state index in [1.165, 1.54) is 40.9 Å². The maximum Gasteiger partial charge on any atom is 0.237 e. The molecule has 0 saturated carbocycles. The largest absolute Gasteiger partial charge is 0.320 e. The van der Waals surface area contributed by atoms with E-state index in [-0.39, 0.29) is 0 Å². The Morgan fingerprint density at radius 3 is 2.48 bits per heavy atom. The van der Waals surface area contributed by atoms with Crippen molar-refractivity contribution >= 4 is 46.5 Å². The first-order valence-corrected chi connectivity index (χ1v) is 8.72. The number of amides is 1. The molecule has 0 spiro atoms. The number of anilines is 1. The molecule has 2 rings (SSSR count). The number of nitrogens with zero attached hydrogens (tertiary/aromatic N) is 2. The van der Waals surface area contributed by atoms with Gasteiger partial charge in [-0.3, -0.25) is 4.79 Å². The Morgan fingerprint density at radius 2 is 1.90 bits per heavy atom. The molecule has 0 aliphatic heterocycles. The minimum atomic E-state index is -0.805. The second kappa shape index (κ2) is 7.19. The van der Waals surface area contributed by atoms with Gasteiger partial charge in [0.05, 0.1) is 5.25 Å². The Bertz CT molecular complexity index is 630. The van der Waals surface area contributed by atoms with E-state index in [1.807, 2.05) is 6.26 Å². The SMILES string of the molecule is CSc1nnc(SC(C)C(=O)Nc2c(F)cccc2F)s1. The summed E-state index contributed by atoms with van der Waals surface area (Å²) < 4.78 is 28.4. The number of carbonyl (C=O) groups excluding carboxylic acids is 1. The van der Waals surface area contributed by atoms with Crippen molar-refractivity contribution in [2.24, 2.45) is 0 Å². The van der Waals surface area contributed by atoms with E-state index in [9.17, 15) is 13.6 Å². The lowest BCUT2D eigenvalue weighted by molar-refractivity contribution is -0.115. The van der Waals surface area contributed by atoms with E-state index in [4.69, 9.17) is 0 Å².